The number of aromatic nitrogens is 1. The van der Waals surface area contributed by atoms with Gasteiger partial charge in [0.05, 0.1) is 17.2 Å². The largest absolute Gasteiger partial charge is 0.478 e. The second kappa shape index (κ2) is 7.24. The Labute approximate surface area is 163 Å². The van der Waals surface area contributed by atoms with E-state index in [1.807, 2.05) is 35.2 Å². The van der Waals surface area contributed by atoms with E-state index in [4.69, 9.17) is 0 Å². The summed E-state index contributed by atoms with van der Waals surface area (Å²) >= 11 is 0. The van der Waals surface area contributed by atoms with Gasteiger partial charge in [-0.2, -0.15) is 0 Å². The Morgan fingerprint density at radius 2 is 2.00 bits per heavy atom. The molecule has 3 N–H and O–H groups in total. The second-order valence-electron chi connectivity index (χ2n) is 7.48. The monoisotopic (exact) mass is 381 g/mol. The first-order valence-electron chi connectivity index (χ1n) is 9.52. The number of aliphatic hydroxyl groups is 1. The van der Waals surface area contributed by atoms with Crippen molar-refractivity contribution >= 4 is 17.7 Å². The lowest BCUT2D eigenvalue weighted by Gasteiger charge is -2.47. The summed E-state index contributed by atoms with van der Waals surface area (Å²) in [5.74, 6) is -0.874. The van der Waals surface area contributed by atoms with E-state index >= 15 is 0 Å². The zero-order valence-corrected chi connectivity index (χ0v) is 15.5. The van der Waals surface area contributed by atoms with Gasteiger partial charge in [0, 0.05) is 25.2 Å². The van der Waals surface area contributed by atoms with E-state index in [1.54, 1.807) is 12.1 Å². The SMILES string of the molecule is O=C(O)c1ccc(-c2ccccc2)nc1N1CC[C@@H](O)[C@@]2(CCCNC2=O)C1. The van der Waals surface area contributed by atoms with E-state index in [1.165, 1.54) is 0 Å². The van der Waals surface area contributed by atoms with Crippen molar-refractivity contribution in [3.8, 4) is 11.3 Å². The van der Waals surface area contributed by atoms with Gasteiger partial charge in [0.15, 0.2) is 0 Å². The predicted octanol–water partition coefficient (Wildman–Crippen LogP) is 1.91. The highest BCUT2D eigenvalue weighted by atomic mass is 16.4. The first kappa shape index (κ1) is 18.4. The molecule has 0 aliphatic carbocycles. The molecule has 2 aliphatic heterocycles. The highest BCUT2D eigenvalue weighted by Gasteiger charge is 2.50. The van der Waals surface area contributed by atoms with Crippen molar-refractivity contribution in [2.45, 2.75) is 25.4 Å². The van der Waals surface area contributed by atoms with Crippen LogP contribution in [0.4, 0.5) is 5.82 Å². The molecule has 4 rings (SSSR count). The number of aliphatic hydroxyl groups excluding tert-OH is 1. The quantitative estimate of drug-likeness (QED) is 0.751. The lowest BCUT2D eigenvalue weighted by molar-refractivity contribution is -0.142. The molecule has 1 aromatic heterocycles. The zero-order valence-electron chi connectivity index (χ0n) is 15.5. The van der Waals surface area contributed by atoms with Crippen LogP contribution in [0.3, 0.4) is 0 Å². The van der Waals surface area contributed by atoms with Gasteiger partial charge in [-0.05, 0) is 31.4 Å². The van der Waals surface area contributed by atoms with Crippen LogP contribution in [0.15, 0.2) is 42.5 Å². The van der Waals surface area contributed by atoms with Gasteiger partial charge in [-0.1, -0.05) is 30.3 Å². The molecule has 2 atom stereocenters. The molecular formula is C21H23N3O4. The molecule has 7 nitrogen and oxygen atoms in total. The van der Waals surface area contributed by atoms with Crippen LogP contribution in [0.25, 0.3) is 11.3 Å². The molecule has 0 unspecified atom stereocenters. The van der Waals surface area contributed by atoms with E-state index in [0.717, 1.165) is 12.0 Å². The van der Waals surface area contributed by atoms with Gasteiger partial charge < -0.3 is 20.4 Å². The fourth-order valence-corrected chi connectivity index (χ4v) is 4.25. The number of benzene rings is 1. The molecule has 1 aromatic carbocycles. The molecule has 0 bridgehead atoms. The third-order valence-corrected chi connectivity index (χ3v) is 5.80. The van der Waals surface area contributed by atoms with Crippen LogP contribution in [0.5, 0.6) is 0 Å². The Morgan fingerprint density at radius 1 is 1.21 bits per heavy atom. The molecule has 3 heterocycles. The Kier molecular flexibility index (Phi) is 4.77. The number of carboxylic acids is 1. The number of hydrogen-bond acceptors (Lipinski definition) is 5. The summed E-state index contributed by atoms with van der Waals surface area (Å²) in [6.45, 7) is 1.31. The topological polar surface area (TPSA) is 103 Å². The maximum absolute atomic E-state index is 12.6. The van der Waals surface area contributed by atoms with Crippen molar-refractivity contribution < 1.29 is 19.8 Å². The van der Waals surface area contributed by atoms with Gasteiger partial charge in [-0.15, -0.1) is 0 Å². The number of carboxylic acid groups (broad SMARTS) is 1. The number of pyridine rings is 1. The minimum absolute atomic E-state index is 0.0995. The first-order chi connectivity index (χ1) is 13.5. The van der Waals surface area contributed by atoms with Crippen LogP contribution < -0.4 is 10.2 Å². The van der Waals surface area contributed by atoms with Crippen molar-refractivity contribution in [1.82, 2.24) is 10.3 Å². The Balaban J connectivity index is 1.74. The van der Waals surface area contributed by atoms with Crippen LogP contribution in [-0.2, 0) is 4.79 Å². The van der Waals surface area contributed by atoms with Crippen LogP contribution in [0, 0.1) is 5.41 Å². The molecule has 28 heavy (non-hydrogen) atoms. The average molecular weight is 381 g/mol. The summed E-state index contributed by atoms with van der Waals surface area (Å²) in [5, 5.41) is 23.1. The number of piperidine rings is 2. The van der Waals surface area contributed by atoms with Crippen LogP contribution >= 0.6 is 0 Å². The standard InChI is InChI=1S/C21H23N3O4/c25-17-9-12-24(13-21(17)10-4-11-22-20(21)28)18-15(19(26)27)7-8-16(23-18)14-5-2-1-3-6-14/h1-3,5-8,17,25H,4,9-13H2,(H,22,28)(H,26,27)/t17-,21-/m1/s1. The first-order valence-corrected chi connectivity index (χ1v) is 9.52. The molecule has 7 heteroatoms. The number of anilines is 1. The van der Waals surface area contributed by atoms with Gasteiger partial charge in [0.1, 0.15) is 11.4 Å². The van der Waals surface area contributed by atoms with Crippen LogP contribution in [0.2, 0.25) is 0 Å². The van der Waals surface area contributed by atoms with Crippen molar-refractivity contribution in [2.24, 2.45) is 5.41 Å². The number of aromatic carboxylic acids is 1. The molecular weight excluding hydrogens is 358 g/mol. The molecule has 2 saturated heterocycles. The molecule has 1 spiro atoms. The van der Waals surface area contributed by atoms with Crippen molar-refractivity contribution in [2.75, 3.05) is 24.5 Å². The smallest absolute Gasteiger partial charge is 0.339 e. The Bertz CT molecular complexity index is 902. The minimum atomic E-state index is -1.06. The predicted molar refractivity (Wildman–Crippen MR) is 104 cm³/mol. The fraction of sp³-hybridized carbons (Fsp3) is 0.381. The molecule has 2 fully saturated rings. The van der Waals surface area contributed by atoms with Gasteiger partial charge >= 0.3 is 5.97 Å². The summed E-state index contributed by atoms with van der Waals surface area (Å²) in [4.78, 5) is 30.9. The molecule has 0 saturated carbocycles. The average Bonchev–Trinajstić information content (AvgIpc) is 2.72. The number of hydrogen-bond donors (Lipinski definition) is 3. The van der Waals surface area contributed by atoms with E-state index in [0.29, 0.717) is 37.4 Å². The highest BCUT2D eigenvalue weighted by Crippen LogP contribution is 2.39. The van der Waals surface area contributed by atoms with Crippen molar-refractivity contribution in [3.63, 3.8) is 0 Å². The number of carbonyl (C=O) groups is 2. The van der Waals surface area contributed by atoms with Gasteiger partial charge in [-0.25, -0.2) is 9.78 Å². The third-order valence-electron chi connectivity index (χ3n) is 5.80. The Morgan fingerprint density at radius 3 is 2.71 bits per heavy atom. The number of nitrogens with zero attached hydrogens (tertiary/aromatic N) is 2. The van der Waals surface area contributed by atoms with E-state index in [-0.39, 0.29) is 18.0 Å². The summed E-state index contributed by atoms with van der Waals surface area (Å²) in [5.41, 5.74) is 0.746. The number of rotatable bonds is 3. The molecule has 0 radical (unpaired) electrons. The molecule has 2 aliphatic rings. The Hall–Kier alpha value is -2.93. The number of carbonyl (C=O) groups excluding carboxylic acids is 1. The molecule has 146 valence electrons. The summed E-state index contributed by atoms with van der Waals surface area (Å²) in [6, 6.07) is 12.8. The zero-order chi connectivity index (χ0) is 19.7. The fourth-order valence-electron chi connectivity index (χ4n) is 4.25. The normalized spacial score (nSPS) is 24.8. The second-order valence-corrected chi connectivity index (χ2v) is 7.48. The van der Waals surface area contributed by atoms with Crippen LogP contribution in [0.1, 0.15) is 29.6 Å². The molecule has 2 aromatic rings. The van der Waals surface area contributed by atoms with E-state index in [2.05, 4.69) is 10.3 Å². The highest BCUT2D eigenvalue weighted by molar-refractivity contribution is 5.94. The third kappa shape index (κ3) is 3.11. The van der Waals surface area contributed by atoms with Gasteiger partial charge in [0.25, 0.3) is 0 Å². The maximum Gasteiger partial charge on any atom is 0.339 e. The maximum atomic E-state index is 12.6. The number of nitrogens with one attached hydrogen (secondary N) is 1. The summed E-state index contributed by atoms with van der Waals surface area (Å²) < 4.78 is 0. The van der Waals surface area contributed by atoms with E-state index < -0.39 is 17.5 Å². The van der Waals surface area contributed by atoms with Gasteiger partial charge in [-0.3, -0.25) is 4.79 Å². The van der Waals surface area contributed by atoms with Crippen LogP contribution in [-0.4, -0.2) is 52.8 Å². The van der Waals surface area contributed by atoms with Crippen molar-refractivity contribution in [1.29, 1.82) is 0 Å². The number of amides is 1. The lowest BCUT2D eigenvalue weighted by Crippen LogP contribution is -2.61. The van der Waals surface area contributed by atoms with Gasteiger partial charge in [0.2, 0.25) is 5.91 Å². The summed E-state index contributed by atoms with van der Waals surface area (Å²) in [6.07, 6.45) is 1.02. The molecule has 1 amide bonds. The minimum Gasteiger partial charge on any atom is -0.478 e. The lowest BCUT2D eigenvalue weighted by atomic mass is 9.71. The van der Waals surface area contributed by atoms with Crippen molar-refractivity contribution in [3.05, 3.63) is 48.0 Å². The van der Waals surface area contributed by atoms with E-state index in [9.17, 15) is 19.8 Å². The summed E-state index contributed by atoms with van der Waals surface area (Å²) in [7, 11) is 0.